The largest absolute Gasteiger partial charge is 0.454 e. The van der Waals surface area contributed by atoms with Gasteiger partial charge in [0.15, 0.2) is 11.5 Å². The highest BCUT2D eigenvalue weighted by molar-refractivity contribution is 7.10. The van der Waals surface area contributed by atoms with E-state index in [1.807, 2.05) is 29.6 Å². The summed E-state index contributed by atoms with van der Waals surface area (Å²) in [6, 6.07) is 7.76. The number of carbonyl (C=O) groups is 1. The van der Waals surface area contributed by atoms with Crippen molar-refractivity contribution in [2.75, 3.05) is 13.3 Å². The van der Waals surface area contributed by atoms with Crippen LogP contribution in [-0.2, 0) is 17.8 Å². The molecule has 0 spiro atoms. The number of halogens is 1. The molecule has 0 radical (unpaired) electrons. The van der Waals surface area contributed by atoms with Gasteiger partial charge in [0.1, 0.15) is 11.9 Å². The highest BCUT2D eigenvalue weighted by atomic mass is 32.1. The lowest BCUT2D eigenvalue weighted by atomic mass is 10.1. The van der Waals surface area contributed by atoms with Gasteiger partial charge in [-0.15, -0.1) is 11.3 Å². The quantitative estimate of drug-likeness (QED) is 0.541. The number of benzene rings is 1. The maximum atomic E-state index is 13.3. The number of aromatic nitrogens is 3. The molecule has 1 aliphatic rings. The van der Waals surface area contributed by atoms with E-state index in [1.54, 1.807) is 20.8 Å². The smallest absolute Gasteiger partial charge is 0.407 e. The number of hydrogen-bond donors (Lipinski definition) is 1. The van der Waals surface area contributed by atoms with Crippen LogP contribution in [0.5, 0.6) is 11.5 Å². The van der Waals surface area contributed by atoms with Gasteiger partial charge in [-0.3, -0.25) is 4.57 Å². The van der Waals surface area contributed by atoms with Crippen LogP contribution in [0.2, 0.25) is 0 Å². The molecule has 11 heteroatoms. The summed E-state index contributed by atoms with van der Waals surface area (Å²) in [4.78, 5) is 25.5. The zero-order valence-corrected chi connectivity index (χ0v) is 19.9. The molecule has 4 rings (SSSR count). The average molecular weight is 489 g/mol. The number of ether oxygens (including phenoxy) is 3. The molecule has 0 atom stereocenters. The summed E-state index contributed by atoms with van der Waals surface area (Å²) in [5.74, 6) is 1.43. The second-order valence-corrected chi connectivity index (χ2v) is 9.69. The van der Waals surface area contributed by atoms with Crippen LogP contribution in [-0.4, -0.2) is 39.4 Å². The molecular formula is C23H25FN4O5S. The Balaban J connectivity index is 1.38. The van der Waals surface area contributed by atoms with Gasteiger partial charge < -0.3 is 19.5 Å². The van der Waals surface area contributed by atoms with E-state index in [0.29, 0.717) is 18.6 Å². The minimum atomic E-state index is -0.666. The standard InChI is InChI=1S/C23H25FN4O5S/c1-23(2,3)33-21(29)25-9-15(8-24)10-28-22(30)27(13-26-28)11-18-6-17(12-34-18)16-4-5-19-20(7-16)32-14-31-19/h4-8,12-13H,9-11,14H2,1-3H3,(H,25,29)/b15-8+. The van der Waals surface area contributed by atoms with Gasteiger partial charge in [0.25, 0.3) is 0 Å². The third kappa shape index (κ3) is 5.66. The average Bonchev–Trinajstić information content (AvgIpc) is 3.51. The summed E-state index contributed by atoms with van der Waals surface area (Å²) in [5, 5.41) is 8.56. The first-order chi connectivity index (χ1) is 16.2. The fourth-order valence-corrected chi connectivity index (χ4v) is 4.16. The lowest BCUT2D eigenvalue weighted by Gasteiger charge is -2.19. The topological polar surface area (TPSA) is 96.6 Å². The lowest BCUT2D eigenvalue weighted by Crippen LogP contribution is -2.34. The number of thiophene rings is 1. The van der Waals surface area contributed by atoms with Crippen LogP contribution in [0.4, 0.5) is 9.18 Å². The highest BCUT2D eigenvalue weighted by Gasteiger charge is 2.17. The molecule has 0 fully saturated rings. The zero-order valence-electron chi connectivity index (χ0n) is 19.0. The number of alkyl carbamates (subject to hydrolysis) is 1. The lowest BCUT2D eigenvalue weighted by molar-refractivity contribution is 0.0532. The first-order valence-corrected chi connectivity index (χ1v) is 11.4. The number of amides is 1. The molecule has 3 aromatic rings. The molecule has 34 heavy (non-hydrogen) atoms. The van der Waals surface area contributed by atoms with Gasteiger partial charge in [0.05, 0.1) is 19.4 Å². The van der Waals surface area contributed by atoms with E-state index in [9.17, 15) is 14.0 Å². The van der Waals surface area contributed by atoms with E-state index in [0.717, 1.165) is 26.4 Å². The second kappa shape index (κ2) is 9.72. The van der Waals surface area contributed by atoms with Crippen LogP contribution in [0, 0.1) is 0 Å². The van der Waals surface area contributed by atoms with E-state index in [2.05, 4.69) is 10.4 Å². The van der Waals surface area contributed by atoms with E-state index in [-0.39, 0.29) is 31.1 Å². The SMILES string of the molecule is CC(C)(C)OC(=O)NC/C(=C\F)Cn1ncn(Cc2cc(-c3ccc4c(c3)OCO4)cs2)c1=O. The Hall–Kier alpha value is -3.60. The number of fused-ring (bicyclic) bond motifs is 1. The molecule has 180 valence electrons. The van der Waals surface area contributed by atoms with Crippen molar-refractivity contribution in [3.63, 3.8) is 0 Å². The van der Waals surface area contributed by atoms with Gasteiger partial charge >= 0.3 is 11.8 Å². The van der Waals surface area contributed by atoms with E-state index in [4.69, 9.17) is 14.2 Å². The fourth-order valence-electron chi connectivity index (χ4n) is 3.27. The summed E-state index contributed by atoms with van der Waals surface area (Å²) in [7, 11) is 0. The summed E-state index contributed by atoms with van der Waals surface area (Å²) in [5.41, 5.74) is 1.14. The van der Waals surface area contributed by atoms with Gasteiger partial charge in [-0.1, -0.05) is 6.07 Å². The first-order valence-electron chi connectivity index (χ1n) is 10.6. The Morgan fingerprint density at radius 3 is 2.82 bits per heavy atom. The predicted molar refractivity (Wildman–Crippen MR) is 125 cm³/mol. The molecule has 1 amide bonds. The van der Waals surface area contributed by atoms with Crippen molar-refractivity contribution in [1.82, 2.24) is 19.7 Å². The molecule has 0 saturated carbocycles. The molecule has 9 nitrogen and oxygen atoms in total. The summed E-state index contributed by atoms with van der Waals surface area (Å²) in [6.45, 7) is 5.55. The van der Waals surface area contributed by atoms with Crippen molar-refractivity contribution in [3.05, 3.63) is 63.2 Å². The van der Waals surface area contributed by atoms with Crippen molar-refractivity contribution in [2.45, 2.75) is 39.5 Å². The molecule has 3 heterocycles. The number of rotatable bonds is 7. The van der Waals surface area contributed by atoms with E-state index in [1.165, 1.54) is 22.2 Å². The Bertz CT molecular complexity index is 1270. The first kappa shape index (κ1) is 23.6. The molecule has 1 N–H and O–H groups in total. The van der Waals surface area contributed by atoms with Gasteiger partial charge in [0, 0.05) is 11.4 Å². The van der Waals surface area contributed by atoms with Crippen molar-refractivity contribution in [1.29, 1.82) is 0 Å². The minimum absolute atomic E-state index is 0.0922. The van der Waals surface area contributed by atoms with Crippen molar-refractivity contribution in [2.24, 2.45) is 0 Å². The minimum Gasteiger partial charge on any atom is -0.454 e. The van der Waals surface area contributed by atoms with Gasteiger partial charge in [-0.25, -0.2) is 18.7 Å². The maximum Gasteiger partial charge on any atom is 0.407 e. The monoisotopic (exact) mass is 488 g/mol. The van der Waals surface area contributed by atoms with E-state index >= 15 is 0 Å². The van der Waals surface area contributed by atoms with Crippen LogP contribution < -0.4 is 20.5 Å². The third-order valence-corrected chi connectivity index (χ3v) is 5.77. The Morgan fingerprint density at radius 2 is 2.06 bits per heavy atom. The number of hydrogen-bond acceptors (Lipinski definition) is 7. The van der Waals surface area contributed by atoms with Crippen molar-refractivity contribution < 1.29 is 23.4 Å². The molecule has 1 aliphatic heterocycles. The fraction of sp³-hybridized carbons (Fsp3) is 0.348. The zero-order chi connectivity index (χ0) is 24.3. The van der Waals surface area contributed by atoms with Gasteiger partial charge in [0.2, 0.25) is 6.79 Å². The second-order valence-electron chi connectivity index (χ2n) is 8.69. The van der Waals surface area contributed by atoms with Gasteiger partial charge in [-0.05, 0) is 61.1 Å². The molecule has 1 aromatic carbocycles. The van der Waals surface area contributed by atoms with Crippen molar-refractivity contribution in [3.8, 4) is 22.6 Å². The molecule has 2 aromatic heterocycles. The highest BCUT2D eigenvalue weighted by Crippen LogP contribution is 2.37. The number of nitrogens with zero attached hydrogens (tertiary/aromatic N) is 3. The Kier molecular flexibility index (Phi) is 6.73. The van der Waals surface area contributed by atoms with Crippen LogP contribution in [0.15, 0.2) is 52.7 Å². The predicted octanol–water partition coefficient (Wildman–Crippen LogP) is 3.93. The maximum absolute atomic E-state index is 13.3. The summed E-state index contributed by atoms with van der Waals surface area (Å²) in [6.07, 6.45) is 1.11. The normalized spacial score (nSPS) is 13.2. The van der Waals surface area contributed by atoms with Gasteiger partial charge in [-0.2, -0.15) is 5.10 Å². The third-order valence-electron chi connectivity index (χ3n) is 4.85. The molecular weight excluding hydrogens is 463 g/mol. The van der Waals surface area contributed by atoms with Crippen LogP contribution in [0.1, 0.15) is 25.6 Å². The summed E-state index contributed by atoms with van der Waals surface area (Å²) >= 11 is 1.52. The summed E-state index contributed by atoms with van der Waals surface area (Å²) < 4.78 is 31.9. The molecule has 0 bridgehead atoms. The molecule has 0 saturated heterocycles. The van der Waals surface area contributed by atoms with Crippen molar-refractivity contribution >= 4 is 17.4 Å². The Labute approximate surface area is 199 Å². The molecule has 0 aliphatic carbocycles. The van der Waals surface area contributed by atoms with Crippen LogP contribution >= 0.6 is 11.3 Å². The van der Waals surface area contributed by atoms with Crippen LogP contribution in [0.25, 0.3) is 11.1 Å². The molecule has 0 unspecified atom stereocenters. The number of carbonyl (C=O) groups excluding carboxylic acids is 1. The number of nitrogens with one attached hydrogen (secondary N) is 1. The van der Waals surface area contributed by atoms with Crippen LogP contribution in [0.3, 0.4) is 0 Å². The Morgan fingerprint density at radius 1 is 1.26 bits per heavy atom. The van der Waals surface area contributed by atoms with E-state index < -0.39 is 11.7 Å².